The third-order valence-electron chi connectivity index (χ3n) is 5.60. The lowest BCUT2D eigenvalue weighted by molar-refractivity contribution is -0.135. The first kappa shape index (κ1) is 20.5. The third kappa shape index (κ3) is 4.79. The van der Waals surface area contributed by atoms with Gasteiger partial charge < -0.3 is 9.64 Å². The van der Waals surface area contributed by atoms with Crippen molar-refractivity contribution in [2.24, 2.45) is 0 Å². The first-order valence-corrected chi connectivity index (χ1v) is 10.2. The minimum atomic E-state index is -0.497. The van der Waals surface area contributed by atoms with E-state index in [4.69, 9.17) is 4.74 Å². The molecule has 0 N–H and O–H groups in total. The molecule has 2 fully saturated rings. The Morgan fingerprint density at radius 3 is 2.57 bits per heavy atom. The van der Waals surface area contributed by atoms with Crippen molar-refractivity contribution in [2.45, 2.75) is 58.0 Å². The van der Waals surface area contributed by atoms with Crippen LogP contribution < -0.4 is 0 Å². The maximum absolute atomic E-state index is 13.3. The van der Waals surface area contributed by atoms with Crippen molar-refractivity contribution in [3.63, 3.8) is 0 Å². The van der Waals surface area contributed by atoms with E-state index in [0.717, 1.165) is 32.5 Å². The highest BCUT2D eigenvalue weighted by Crippen LogP contribution is 2.29. The van der Waals surface area contributed by atoms with Crippen LogP contribution in [-0.4, -0.2) is 76.0 Å². The zero-order valence-corrected chi connectivity index (χ0v) is 17.1. The number of likely N-dealkylation sites (tertiary alicyclic amines) is 2. The molecular weight excluding hydrogens is 358 g/mol. The van der Waals surface area contributed by atoms with Gasteiger partial charge >= 0.3 is 5.97 Å². The summed E-state index contributed by atoms with van der Waals surface area (Å²) in [5.74, 6) is -0.275. The topological polar surface area (TPSA) is 80.6 Å². The van der Waals surface area contributed by atoms with Crippen molar-refractivity contribution in [1.82, 2.24) is 24.8 Å². The lowest BCUT2D eigenvalue weighted by Crippen LogP contribution is -2.46. The fourth-order valence-corrected chi connectivity index (χ4v) is 3.98. The monoisotopic (exact) mass is 389 g/mol. The van der Waals surface area contributed by atoms with Gasteiger partial charge in [-0.25, -0.2) is 9.48 Å². The zero-order chi connectivity index (χ0) is 20.1. The molecule has 1 aromatic heterocycles. The van der Waals surface area contributed by atoms with E-state index in [9.17, 15) is 9.59 Å². The van der Waals surface area contributed by atoms with Crippen LogP contribution in [0, 0.1) is 0 Å². The predicted molar refractivity (Wildman–Crippen MR) is 105 cm³/mol. The minimum Gasteiger partial charge on any atom is -0.464 e. The van der Waals surface area contributed by atoms with Crippen LogP contribution in [0.4, 0.5) is 0 Å². The van der Waals surface area contributed by atoms with Crippen LogP contribution in [-0.2, 0) is 9.53 Å². The summed E-state index contributed by atoms with van der Waals surface area (Å²) in [7, 11) is 1.33. The lowest BCUT2D eigenvalue weighted by atomic mass is 10.1. The van der Waals surface area contributed by atoms with Crippen LogP contribution >= 0.6 is 0 Å². The smallest absolute Gasteiger partial charge is 0.360 e. The number of nitrogens with zero attached hydrogens (tertiary/aromatic N) is 5. The van der Waals surface area contributed by atoms with E-state index in [-0.39, 0.29) is 23.7 Å². The van der Waals surface area contributed by atoms with Crippen LogP contribution in [0.2, 0.25) is 0 Å². The van der Waals surface area contributed by atoms with Gasteiger partial charge in [0.25, 0.3) is 0 Å². The molecule has 0 unspecified atom stereocenters. The van der Waals surface area contributed by atoms with Crippen molar-refractivity contribution in [3.05, 3.63) is 23.5 Å². The molecule has 154 valence electrons. The Morgan fingerprint density at radius 2 is 1.93 bits per heavy atom. The molecule has 2 atom stereocenters. The van der Waals surface area contributed by atoms with Crippen LogP contribution in [0.15, 0.2) is 17.8 Å². The van der Waals surface area contributed by atoms with Crippen molar-refractivity contribution < 1.29 is 14.3 Å². The Labute approximate surface area is 166 Å². The quantitative estimate of drug-likeness (QED) is 0.566. The van der Waals surface area contributed by atoms with Gasteiger partial charge in [-0.15, -0.1) is 5.10 Å². The number of rotatable bonds is 5. The molecule has 3 heterocycles. The molecular formula is C20H31N5O3. The van der Waals surface area contributed by atoms with Gasteiger partial charge in [0.05, 0.1) is 25.4 Å². The Kier molecular flexibility index (Phi) is 6.83. The number of ether oxygens (including phenoxy) is 1. The zero-order valence-electron chi connectivity index (χ0n) is 17.1. The number of carbonyl (C=O) groups excluding carboxylic acids is 2. The van der Waals surface area contributed by atoms with Crippen molar-refractivity contribution in [3.8, 4) is 0 Å². The molecule has 1 amide bonds. The molecule has 1 aromatic rings. The van der Waals surface area contributed by atoms with E-state index >= 15 is 0 Å². The second-order valence-corrected chi connectivity index (χ2v) is 7.96. The molecule has 0 saturated carbocycles. The highest BCUT2D eigenvalue weighted by atomic mass is 16.5. The number of hydrogen-bond acceptors (Lipinski definition) is 6. The summed E-state index contributed by atoms with van der Waals surface area (Å²) in [6, 6.07) is -0.151. The standard InChI is InChI=1S/C20H31N5O3/c1-15(2)8-11-24-13-16(25-14-17(21-22-25)20(27)28-3)12-18(24)19(26)23-9-6-4-5-7-10-23/h8,14,16,18H,4-7,9-13H2,1-3H3/t16-,18-/m0/s1. The first-order valence-electron chi connectivity index (χ1n) is 10.2. The molecule has 28 heavy (non-hydrogen) atoms. The number of allylic oxidation sites excluding steroid dienone is 1. The number of methoxy groups -OCH3 is 1. The van der Waals surface area contributed by atoms with E-state index in [2.05, 4.69) is 35.1 Å². The fraction of sp³-hybridized carbons (Fsp3) is 0.700. The first-order chi connectivity index (χ1) is 13.5. The Balaban J connectivity index is 1.76. The van der Waals surface area contributed by atoms with Crippen molar-refractivity contribution >= 4 is 11.9 Å². The Hall–Kier alpha value is -2.22. The number of esters is 1. The molecule has 8 heteroatoms. The average Bonchev–Trinajstić information content (AvgIpc) is 3.25. The van der Waals surface area contributed by atoms with Gasteiger partial charge in [0, 0.05) is 26.2 Å². The summed E-state index contributed by atoms with van der Waals surface area (Å²) in [6.45, 7) is 7.29. The minimum absolute atomic E-state index is 0.0115. The highest BCUT2D eigenvalue weighted by molar-refractivity contribution is 5.86. The summed E-state index contributed by atoms with van der Waals surface area (Å²) < 4.78 is 6.42. The summed E-state index contributed by atoms with van der Waals surface area (Å²) in [6.07, 6.45) is 9.03. The van der Waals surface area contributed by atoms with E-state index < -0.39 is 5.97 Å². The van der Waals surface area contributed by atoms with E-state index in [1.807, 2.05) is 4.90 Å². The SMILES string of the molecule is COC(=O)c1cn([C@H]2C[C@@H](C(=O)N3CCCCCC3)N(CC=C(C)C)C2)nn1. The maximum atomic E-state index is 13.3. The van der Waals surface area contributed by atoms with Crippen LogP contribution in [0.3, 0.4) is 0 Å². The number of hydrogen-bond donors (Lipinski definition) is 0. The van der Waals surface area contributed by atoms with Gasteiger partial charge in [0.2, 0.25) is 5.91 Å². The summed E-state index contributed by atoms with van der Waals surface area (Å²) >= 11 is 0. The molecule has 8 nitrogen and oxygen atoms in total. The molecule has 0 radical (unpaired) electrons. The second-order valence-electron chi connectivity index (χ2n) is 7.96. The van der Waals surface area contributed by atoms with Gasteiger partial charge in [0.1, 0.15) is 0 Å². The van der Waals surface area contributed by atoms with Crippen LogP contribution in [0.5, 0.6) is 0 Å². The summed E-state index contributed by atoms with van der Waals surface area (Å²) in [4.78, 5) is 29.2. The van der Waals surface area contributed by atoms with Gasteiger partial charge in [-0.05, 0) is 33.1 Å². The number of carbonyl (C=O) groups is 2. The normalized spacial score (nSPS) is 23.3. The van der Waals surface area contributed by atoms with Crippen LogP contribution in [0.25, 0.3) is 0 Å². The van der Waals surface area contributed by atoms with E-state index in [0.29, 0.717) is 13.0 Å². The second kappa shape index (κ2) is 9.32. The predicted octanol–water partition coefficient (Wildman–Crippen LogP) is 2.05. The van der Waals surface area contributed by atoms with Crippen molar-refractivity contribution in [2.75, 3.05) is 33.3 Å². The van der Waals surface area contributed by atoms with Crippen LogP contribution in [0.1, 0.15) is 62.5 Å². The van der Waals surface area contributed by atoms with Gasteiger partial charge in [-0.3, -0.25) is 9.69 Å². The highest BCUT2D eigenvalue weighted by Gasteiger charge is 2.39. The number of aromatic nitrogens is 3. The molecule has 0 aromatic carbocycles. The fourth-order valence-electron chi connectivity index (χ4n) is 3.98. The van der Waals surface area contributed by atoms with Gasteiger partial charge in [0.15, 0.2) is 5.69 Å². The molecule has 0 bridgehead atoms. The molecule has 2 aliphatic rings. The largest absolute Gasteiger partial charge is 0.464 e. The number of amides is 1. The van der Waals surface area contributed by atoms with E-state index in [1.54, 1.807) is 10.9 Å². The Morgan fingerprint density at radius 1 is 1.21 bits per heavy atom. The molecule has 0 aliphatic carbocycles. The lowest BCUT2D eigenvalue weighted by Gasteiger charge is -2.28. The molecule has 2 saturated heterocycles. The summed E-state index contributed by atoms with van der Waals surface area (Å²) in [5, 5.41) is 8.03. The van der Waals surface area contributed by atoms with Gasteiger partial charge in [-0.2, -0.15) is 0 Å². The van der Waals surface area contributed by atoms with Gasteiger partial charge in [-0.1, -0.05) is 29.7 Å². The van der Waals surface area contributed by atoms with E-state index in [1.165, 1.54) is 25.5 Å². The van der Waals surface area contributed by atoms with Crippen molar-refractivity contribution in [1.29, 1.82) is 0 Å². The molecule has 2 aliphatic heterocycles. The molecule has 0 spiro atoms. The molecule has 3 rings (SSSR count). The third-order valence-corrected chi connectivity index (χ3v) is 5.60. The maximum Gasteiger partial charge on any atom is 0.360 e. The Bertz CT molecular complexity index is 717. The summed E-state index contributed by atoms with van der Waals surface area (Å²) in [5.41, 5.74) is 1.43. The average molecular weight is 390 g/mol.